The third kappa shape index (κ3) is 7.77. The summed E-state index contributed by atoms with van der Waals surface area (Å²) in [6, 6.07) is 7.92. The summed E-state index contributed by atoms with van der Waals surface area (Å²) in [5.41, 5.74) is 0.711. The monoisotopic (exact) mass is 377 g/mol. The first kappa shape index (κ1) is 21.5. The smallest absolute Gasteiger partial charge is 0.411 e. The Hall–Kier alpha value is -1.79. The molecule has 1 saturated heterocycles. The Morgan fingerprint density at radius 3 is 2.59 bits per heavy atom. The predicted octanol–water partition coefficient (Wildman–Crippen LogP) is 3.83. The van der Waals surface area contributed by atoms with Crippen LogP contribution in [0, 0.1) is 0 Å². The number of rotatable bonds is 10. The number of ether oxygens (including phenoxy) is 2. The van der Waals surface area contributed by atoms with Crippen LogP contribution >= 0.6 is 0 Å². The average Bonchev–Trinajstić information content (AvgIpc) is 2.65. The van der Waals surface area contributed by atoms with Gasteiger partial charge in [-0.15, -0.1) is 0 Å². The van der Waals surface area contributed by atoms with Gasteiger partial charge in [0.15, 0.2) is 0 Å². The van der Waals surface area contributed by atoms with Crippen LogP contribution in [0.15, 0.2) is 24.3 Å². The third-order valence-electron chi connectivity index (χ3n) is 4.87. The highest BCUT2D eigenvalue weighted by Gasteiger charge is 2.22. The number of piperazine rings is 1. The molecule has 0 saturated carbocycles. The molecule has 1 unspecified atom stereocenters. The summed E-state index contributed by atoms with van der Waals surface area (Å²) < 4.78 is 10.7. The molecule has 1 fully saturated rings. The number of hydrogen-bond donors (Lipinski definition) is 1. The van der Waals surface area contributed by atoms with Gasteiger partial charge in [0.1, 0.15) is 5.75 Å². The highest BCUT2D eigenvalue weighted by molar-refractivity contribution is 5.84. The number of anilines is 1. The zero-order chi connectivity index (χ0) is 19.5. The summed E-state index contributed by atoms with van der Waals surface area (Å²) in [5, 5.41) is 2.74. The first-order valence-corrected chi connectivity index (χ1v) is 10.3. The minimum Gasteiger partial charge on any atom is -0.494 e. The van der Waals surface area contributed by atoms with E-state index in [-0.39, 0.29) is 0 Å². The maximum atomic E-state index is 11.8. The fourth-order valence-electron chi connectivity index (χ4n) is 3.45. The van der Waals surface area contributed by atoms with Crippen molar-refractivity contribution in [1.29, 1.82) is 0 Å². The molecule has 1 amide bonds. The van der Waals surface area contributed by atoms with Crippen molar-refractivity contribution in [3.05, 3.63) is 24.3 Å². The van der Waals surface area contributed by atoms with Crippen LogP contribution in [-0.2, 0) is 4.74 Å². The van der Waals surface area contributed by atoms with Crippen LogP contribution in [0.1, 0.15) is 40.0 Å². The molecule has 6 heteroatoms. The fraction of sp³-hybridized carbons (Fsp3) is 0.667. The number of benzene rings is 1. The summed E-state index contributed by atoms with van der Waals surface area (Å²) in [6.45, 7) is 13.3. The molecule has 1 aromatic rings. The second-order valence-corrected chi connectivity index (χ2v) is 7.11. The molecule has 1 aromatic carbocycles. The quantitative estimate of drug-likeness (QED) is 0.628. The third-order valence-corrected chi connectivity index (χ3v) is 4.87. The minimum absolute atomic E-state index is 0.402. The molecule has 0 aromatic heterocycles. The van der Waals surface area contributed by atoms with E-state index in [9.17, 15) is 4.79 Å². The van der Waals surface area contributed by atoms with Crippen LogP contribution in [0.25, 0.3) is 0 Å². The van der Waals surface area contributed by atoms with Crippen LogP contribution in [0.5, 0.6) is 5.75 Å². The molecule has 0 radical (unpaired) electrons. The minimum atomic E-state index is -0.402. The molecule has 1 aliphatic rings. The van der Waals surface area contributed by atoms with Gasteiger partial charge in [0.05, 0.1) is 13.2 Å². The van der Waals surface area contributed by atoms with Crippen LogP contribution in [-0.4, -0.2) is 67.9 Å². The van der Waals surface area contributed by atoms with E-state index in [1.165, 1.54) is 13.0 Å². The van der Waals surface area contributed by atoms with Crippen molar-refractivity contribution >= 4 is 11.8 Å². The number of carbonyl (C=O) groups excluding carboxylic acids is 1. The summed E-state index contributed by atoms with van der Waals surface area (Å²) in [5.74, 6) is 0.793. The second kappa shape index (κ2) is 11.8. The van der Waals surface area contributed by atoms with Gasteiger partial charge in [-0.3, -0.25) is 10.2 Å². The van der Waals surface area contributed by atoms with Crippen molar-refractivity contribution in [3.8, 4) is 5.75 Å². The lowest BCUT2D eigenvalue weighted by atomic mass is 10.1. The van der Waals surface area contributed by atoms with Crippen molar-refractivity contribution in [2.75, 3.05) is 51.3 Å². The van der Waals surface area contributed by atoms with Crippen molar-refractivity contribution in [3.63, 3.8) is 0 Å². The van der Waals surface area contributed by atoms with Gasteiger partial charge in [-0.2, -0.15) is 0 Å². The SMILES string of the molecule is CCCN1CCN(CCCCOC(=O)Nc2ccc(OCC)cc2)CC1C. The molecule has 1 aliphatic heterocycles. The summed E-state index contributed by atoms with van der Waals surface area (Å²) >= 11 is 0. The standard InChI is InChI=1S/C21H35N3O3/c1-4-12-24-15-14-23(17-18(24)3)13-6-7-16-27-21(25)22-19-8-10-20(11-9-19)26-5-2/h8-11,18H,4-7,12-17H2,1-3H3,(H,22,25). The lowest BCUT2D eigenvalue weighted by molar-refractivity contribution is 0.0810. The Labute approximate surface area is 163 Å². The summed E-state index contributed by atoms with van der Waals surface area (Å²) in [7, 11) is 0. The topological polar surface area (TPSA) is 54.0 Å². The highest BCUT2D eigenvalue weighted by atomic mass is 16.5. The van der Waals surface area contributed by atoms with Gasteiger partial charge in [-0.1, -0.05) is 6.92 Å². The Morgan fingerprint density at radius 1 is 1.15 bits per heavy atom. The average molecular weight is 378 g/mol. The number of nitrogens with one attached hydrogen (secondary N) is 1. The van der Waals surface area contributed by atoms with Gasteiger partial charge in [-0.05, 0) is 70.5 Å². The van der Waals surface area contributed by atoms with Gasteiger partial charge in [0.2, 0.25) is 0 Å². The van der Waals surface area contributed by atoms with Crippen molar-refractivity contribution < 1.29 is 14.3 Å². The molecule has 0 aliphatic carbocycles. The summed E-state index contributed by atoms with van der Waals surface area (Å²) in [6.07, 6.45) is 2.76. The largest absolute Gasteiger partial charge is 0.494 e. The van der Waals surface area contributed by atoms with Crippen LogP contribution in [0.2, 0.25) is 0 Å². The summed E-state index contributed by atoms with van der Waals surface area (Å²) in [4.78, 5) is 16.9. The van der Waals surface area contributed by atoms with E-state index in [4.69, 9.17) is 9.47 Å². The lowest BCUT2D eigenvalue weighted by Crippen LogP contribution is -2.52. The number of carbonyl (C=O) groups is 1. The fourth-order valence-corrected chi connectivity index (χ4v) is 3.45. The maximum absolute atomic E-state index is 11.8. The highest BCUT2D eigenvalue weighted by Crippen LogP contribution is 2.16. The van der Waals surface area contributed by atoms with Crippen LogP contribution in [0.4, 0.5) is 10.5 Å². The van der Waals surface area contributed by atoms with E-state index < -0.39 is 6.09 Å². The zero-order valence-electron chi connectivity index (χ0n) is 17.1. The first-order valence-electron chi connectivity index (χ1n) is 10.3. The Kier molecular flexibility index (Phi) is 9.42. The molecule has 2 rings (SSSR count). The van der Waals surface area contributed by atoms with Crippen molar-refractivity contribution in [2.45, 2.75) is 46.1 Å². The van der Waals surface area contributed by atoms with E-state index in [0.717, 1.165) is 44.8 Å². The van der Waals surface area contributed by atoms with Gasteiger partial charge < -0.3 is 14.4 Å². The van der Waals surface area contributed by atoms with Gasteiger partial charge in [0, 0.05) is 31.4 Å². The second-order valence-electron chi connectivity index (χ2n) is 7.11. The van der Waals surface area contributed by atoms with Gasteiger partial charge >= 0.3 is 6.09 Å². The number of hydrogen-bond acceptors (Lipinski definition) is 5. The van der Waals surface area contributed by atoms with Crippen LogP contribution in [0.3, 0.4) is 0 Å². The molecule has 0 bridgehead atoms. The van der Waals surface area contributed by atoms with E-state index in [1.807, 2.05) is 31.2 Å². The van der Waals surface area contributed by atoms with E-state index >= 15 is 0 Å². The van der Waals surface area contributed by atoms with Gasteiger partial charge in [0.25, 0.3) is 0 Å². The lowest BCUT2D eigenvalue weighted by Gasteiger charge is -2.39. The molecular formula is C21H35N3O3. The number of amides is 1. The van der Waals surface area contributed by atoms with Crippen molar-refractivity contribution in [2.24, 2.45) is 0 Å². The van der Waals surface area contributed by atoms with E-state index in [2.05, 4.69) is 29.0 Å². The zero-order valence-corrected chi connectivity index (χ0v) is 17.1. The Morgan fingerprint density at radius 2 is 1.93 bits per heavy atom. The molecule has 1 heterocycles. The maximum Gasteiger partial charge on any atom is 0.411 e. The van der Waals surface area contributed by atoms with E-state index in [0.29, 0.717) is 24.9 Å². The van der Waals surface area contributed by atoms with Crippen LogP contribution < -0.4 is 10.1 Å². The first-order chi connectivity index (χ1) is 13.1. The molecule has 152 valence electrons. The Bertz CT molecular complexity index is 550. The molecular weight excluding hydrogens is 342 g/mol. The predicted molar refractivity (Wildman–Crippen MR) is 110 cm³/mol. The van der Waals surface area contributed by atoms with Gasteiger partial charge in [-0.25, -0.2) is 4.79 Å². The normalized spacial score (nSPS) is 18.3. The molecule has 1 atom stereocenters. The molecule has 27 heavy (non-hydrogen) atoms. The van der Waals surface area contributed by atoms with E-state index in [1.54, 1.807) is 0 Å². The van der Waals surface area contributed by atoms with Crippen molar-refractivity contribution in [1.82, 2.24) is 9.80 Å². The molecule has 1 N–H and O–H groups in total. The Balaban J connectivity index is 1.55. The molecule has 6 nitrogen and oxygen atoms in total. The number of nitrogens with zero attached hydrogens (tertiary/aromatic N) is 2. The molecule has 0 spiro atoms. The number of unbranched alkanes of at least 4 members (excludes halogenated alkanes) is 1.